The number of amides is 1. The third kappa shape index (κ3) is 3.61. The summed E-state index contributed by atoms with van der Waals surface area (Å²) in [5.74, 6) is 0.583. The van der Waals surface area contributed by atoms with Gasteiger partial charge in [-0.05, 0) is 29.9 Å². The molecule has 2 aromatic heterocycles. The van der Waals surface area contributed by atoms with E-state index in [1.54, 1.807) is 0 Å². The molecule has 5 nitrogen and oxygen atoms in total. The molecule has 1 amide bonds. The van der Waals surface area contributed by atoms with Crippen LogP contribution in [0.1, 0.15) is 63.9 Å². The molecule has 6 heteroatoms. The van der Waals surface area contributed by atoms with Crippen LogP contribution in [0.25, 0.3) is 21.3 Å². The van der Waals surface area contributed by atoms with Gasteiger partial charge in [0.25, 0.3) is 5.56 Å². The molecule has 0 aliphatic heterocycles. The molecule has 28 heavy (non-hydrogen) atoms. The highest BCUT2D eigenvalue weighted by molar-refractivity contribution is 7.17. The maximum atomic E-state index is 13.5. The fourth-order valence-corrected chi connectivity index (χ4v) is 4.49. The fraction of sp³-hybridized carbons (Fsp3) is 0.409. The number of rotatable bonds is 7. The highest BCUT2D eigenvalue weighted by Crippen LogP contribution is 2.32. The summed E-state index contributed by atoms with van der Waals surface area (Å²) < 4.78 is 1.52. The van der Waals surface area contributed by atoms with E-state index < -0.39 is 11.9 Å². The van der Waals surface area contributed by atoms with E-state index in [4.69, 9.17) is 10.7 Å². The summed E-state index contributed by atoms with van der Waals surface area (Å²) in [6, 6.07) is 7.61. The van der Waals surface area contributed by atoms with E-state index in [9.17, 15) is 9.59 Å². The van der Waals surface area contributed by atoms with Crippen LogP contribution < -0.4 is 11.3 Å². The van der Waals surface area contributed by atoms with Gasteiger partial charge >= 0.3 is 0 Å². The van der Waals surface area contributed by atoms with E-state index in [0.29, 0.717) is 34.8 Å². The topological polar surface area (TPSA) is 78.0 Å². The predicted octanol–water partition coefficient (Wildman–Crippen LogP) is 4.64. The van der Waals surface area contributed by atoms with Gasteiger partial charge in [0.2, 0.25) is 5.91 Å². The zero-order chi connectivity index (χ0) is 20.4. The predicted molar refractivity (Wildman–Crippen MR) is 116 cm³/mol. The molecular weight excluding hydrogens is 370 g/mol. The van der Waals surface area contributed by atoms with Crippen LogP contribution in [0, 0.1) is 0 Å². The van der Waals surface area contributed by atoms with Crippen LogP contribution in [0.5, 0.6) is 0 Å². The lowest BCUT2D eigenvalue weighted by Crippen LogP contribution is -2.36. The fourth-order valence-electron chi connectivity index (χ4n) is 3.54. The van der Waals surface area contributed by atoms with E-state index >= 15 is 0 Å². The number of hydrogen-bond acceptors (Lipinski definition) is 4. The minimum atomic E-state index is -0.679. The number of thiophene rings is 1. The van der Waals surface area contributed by atoms with Gasteiger partial charge in [-0.3, -0.25) is 14.2 Å². The molecule has 0 aliphatic carbocycles. The number of aromatic nitrogens is 2. The van der Waals surface area contributed by atoms with E-state index in [2.05, 4.69) is 26.0 Å². The molecule has 0 fully saturated rings. The second-order valence-electron chi connectivity index (χ2n) is 7.39. The third-order valence-corrected chi connectivity index (χ3v) is 5.97. The van der Waals surface area contributed by atoms with Crippen molar-refractivity contribution >= 4 is 27.5 Å². The minimum absolute atomic E-state index is 0.178. The quantitative estimate of drug-likeness (QED) is 0.631. The average molecular weight is 398 g/mol. The monoisotopic (exact) mass is 397 g/mol. The number of fused-ring (bicyclic) bond motifs is 1. The maximum absolute atomic E-state index is 13.5. The first-order chi connectivity index (χ1) is 13.4. The number of aryl methyl sites for hydroxylation is 1. The Balaban J connectivity index is 2.25. The van der Waals surface area contributed by atoms with Gasteiger partial charge in [0.15, 0.2) is 0 Å². The second kappa shape index (κ2) is 8.27. The summed E-state index contributed by atoms with van der Waals surface area (Å²) in [5.41, 5.74) is 8.53. The zero-order valence-corrected chi connectivity index (χ0v) is 17.7. The largest absolute Gasteiger partial charge is 0.368 e. The van der Waals surface area contributed by atoms with Gasteiger partial charge in [-0.15, -0.1) is 11.3 Å². The van der Waals surface area contributed by atoms with Crippen molar-refractivity contribution in [2.75, 3.05) is 0 Å². The Hall–Kier alpha value is -2.47. The second-order valence-corrected chi connectivity index (χ2v) is 8.24. The molecule has 0 bridgehead atoms. The van der Waals surface area contributed by atoms with E-state index in [1.807, 2.05) is 31.4 Å². The first-order valence-corrected chi connectivity index (χ1v) is 10.7. The van der Waals surface area contributed by atoms with Gasteiger partial charge < -0.3 is 5.73 Å². The van der Waals surface area contributed by atoms with Gasteiger partial charge in [-0.25, -0.2) is 4.98 Å². The molecule has 3 rings (SSSR count). The van der Waals surface area contributed by atoms with Crippen LogP contribution in [-0.4, -0.2) is 15.5 Å². The van der Waals surface area contributed by atoms with Gasteiger partial charge in [0.05, 0.1) is 5.39 Å². The van der Waals surface area contributed by atoms with Crippen molar-refractivity contribution in [1.29, 1.82) is 0 Å². The van der Waals surface area contributed by atoms with Crippen molar-refractivity contribution in [3.8, 4) is 11.1 Å². The lowest BCUT2D eigenvalue weighted by Gasteiger charge is -2.19. The van der Waals surface area contributed by atoms with Crippen LogP contribution in [0.3, 0.4) is 0 Å². The lowest BCUT2D eigenvalue weighted by atomic mass is 9.99. The Morgan fingerprint density at radius 1 is 1.21 bits per heavy atom. The Morgan fingerprint density at radius 3 is 2.43 bits per heavy atom. The number of nitrogens with two attached hydrogens (primary N) is 1. The molecule has 0 saturated heterocycles. The van der Waals surface area contributed by atoms with Crippen LogP contribution in [0.15, 0.2) is 34.4 Å². The highest BCUT2D eigenvalue weighted by atomic mass is 32.1. The Labute approximate surface area is 169 Å². The number of carbonyl (C=O) groups is 1. The van der Waals surface area contributed by atoms with Gasteiger partial charge in [0.1, 0.15) is 16.7 Å². The zero-order valence-electron chi connectivity index (χ0n) is 16.9. The number of nitrogens with zero attached hydrogens (tertiary/aromatic N) is 2. The first-order valence-electron chi connectivity index (χ1n) is 9.81. The van der Waals surface area contributed by atoms with Crippen molar-refractivity contribution in [1.82, 2.24) is 9.55 Å². The standard InChI is InChI=1S/C22H27N3O2S/c1-5-7-18-24-21-19(22(27)25(18)17(6-2)20(23)26)16(12-28-21)15-10-8-14(9-11-15)13(3)4/h8-13,17H,5-7H2,1-4H3,(H2,23,26). The molecule has 0 radical (unpaired) electrons. The molecule has 0 aliphatic rings. The number of hydrogen-bond donors (Lipinski definition) is 1. The van der Waals surface area contributed by atoms with E-state index in [-0.39, 0.29) is 5.56 Å². The number of primary amides is 1. The Kier molecular flexibility index (Phi) is 5.98. The average Bonchev–Trinajstić information content (AvgIpc) is 3.09. The Morgan fingerprint density at radius 2 is 1.89 bits per heavy atom. The van der Waals surface area contributed by atoms with Gasteiger partial charge in [0, 0.05) is 17.4 Å². The third-order valence-electron chi connectivity index (χ3n) is 5.10. The van der Waals surface area contributed by atoms with Crippen LogP contribution in [0.4, 0.5) is 0 Å². The summed E-state index contributed by atoms with van der Waals surface area (Å²) in [5, 5.41) is 2.55. The first kappa shape index (κ1) is 20.3. The van der Waals surface area contributed by atoms with Crippen LogP contribution in [-0.2, 0) is 11.2 Å². The smallest absolute Gasteiger partial charge is 0.263 e. The summed E-state index contributed by atoms with van der Waals surface area (Å²) in [7, 11) is 0. The summed E-state index contributed by atoms with van der Waals surface area (Å²) in [4.78, 5) is 30.9. The summed E-state index contributed by atoms with van der Waals surface area (Å²) >= 11 is 1.47. The number of benzene rings is 1. The van der Waals surface area contributed by atoms with Crippen LogP contribution >= 0.6 is 11.3 Å². The molecule has 2 N–H and O–H groups in total. The highest BCUT2D eigenvalue weighted by Gasteiger charge is 2.24. The lowest BCUT2D eigenvalue weighted by molar-refractivity contribution is -0.121. The van der Waals surface area contributed by atoms with Crippen molar-refractivity contribution in [2.45, 2.75) is 58.9 Å². The van der Waals surface area contributed by atoms with Crippen LogP contribution in [0.2, 0.25) is 0 Å². The molecular formula is C22H27N3O2S. The minimum Gasteiger partial charge on any atom is -0.368 e. The molecule has 2 heterocycles. The summed E-state index contributed by atoms with van der Waals surface area (Å²) in [6.45, 7) is 8.20. The molecule has 1 aromatic carbocycles. The molecule has 3 aromatic rings. The van der Waals surface area contributed by atoms with Gasteiger partial charge in [-0.2, -0.15) is 0 Å². The maximum Gasteiger partial charge on any atom is 0.263 e. The van der Waals surface area contributed by atoms with Crippen molar-refractivity contribution < 1.29 is 4.79 Å². The van der Waals surface area contributed by atoms with Crippen molar-refractivity contribution in [3.05, 3.63) is 51.4 Å². The summed E-state index contributed by atoms with van der Waals surface area (Å²) in [6.07, 6.45) is 1.93. The molecule has 1 atom stereocenters. The van der Waals surface area contributed by atoms with Gasteiger partial charge in [-0.1, -0.05) is 52.0 Å². The van der Waals surface area contributed by atoms with Crippen molar-refractivity contribution in [2.24, 2.45) is 5.73 Å². The molecule has 1 unspecified atom stereocenters. The van der Waals surface area contributed by atoms with E-state index in [1.165, 1.54) is 21.5 Å². The van der Waals surface area contributed by atoms with E-state index in [0.717, 1.165) is 17.5 Å². The Bertz CT molecular complexity index is 1050. The van der Waals surface area contributed by atoms with Crippen molar-refractivity contribution in [3.63, 3.8) is 0 Å². The molecule has 0 saturated carbocycles. The SMILES string of the molecule is CCCc1nc2scc(-c3ccc(C(C)C)cc3)c2c(=O)n1C(CC)C(N)=O. The molecule has 148 valence electrons. The number of carbonyl (C=O) groups excluding carboxylic acids is 1. The molecule has 0 spiro atoms. The normalized spacial score (nSPS) is 12.6.